The van der Waals surface area contributed by atoms with Crippen molar-refractivity contribution in [3.05, 3.63) is 75.4 Å². The largest absolute Gasteiger partial charge is 0.395 e. The lowest BCUT2D eigenvalue weighted by Crippen LogP contribution is -2.29. The van der Waals surface area contributed by atoms with Gasteiger partial charge in [0.25, 0.3) is 0 Å². The first-order valence-electron chi connectivity index (χ1n) is 15.7. The van der Waals surface area contributed by atoms with Gasteiger partial charge in [0.05, 0.1) is 34.8 Å². The summed E-state index contributed by atoms with van der Waals surface area (Å²) in [4.78, 5) is 58.2. The number of hydrogen-bond donors (Lipinski definition) is 3. The van der Waals surface area contributed by atoms with Crippen molar-refractivity contribution >= 4 is 57.1 Å². The van der Waals surface area contributed by atoms with Gasteiger partial charge >= 0.3 is 11.9 Å². The van der Waals surface area contributed by atoms with Crippen LogP contribution in [0.3, 0.4) is 0 Å². The van der Waals surface area contributed by atoms with Gasteiger partial charge in [0, 0.05) is 59.7 Å². The first kappa shape index (κ1) is 31.2. The zero-order valence-corrected chi connectivity index (χ0v) is 27.1. The van der Waals surface area contributed by atoms with Crippen molar-refractivity contribution in [3.8, 4) is 0 Å². The van der Waals surface area contributed by atoms with E-state index in [9.17, 15) is 19.5 Å². The van der Waals surface area contributed by atoms with E-state index in [1.807, 2.05) is 45.0 Å². The molecule has 0 saturated carbocycles. The molecule has 3 N–H and O–H groups in total. The predicted molar refractivity (Wildman–Crippen MR) is 178 cm³/mol. The molecule has 10 nitrogen and oxygen atoms in total. The van der Waals surface area contributed by atoms with Crippen LogP contribution in [-0.2, 0) is 9.53 Å². The van der Waals surface area contributed by atoms with E-state index < -0.39 is 11.9 Å². The molecule has 0 saturated heterocycles. The maximum Gasteiger partial charge on any atom is 0.350 e. The van der Waals surface area contributed by atoms with Crippen molar-refractivity contribution in [2.75, 3.05) is 20.2 Å². The van der Waals surface area contributed by atoms with Gasteiger partial charge < -0.3 is 24.7 Å². The Labute approximate surface area is 267 Å². The van der Waals surface area contributed by atoms with E-state index in [2.05, 4.69) is 30.4 Å². The third-order valence-corrected chi connectivity index (χ3v) is 9.76. The number of esters is 2. The molecule has 2 atom stereocenters. The Morgan fingerprint density at radius 1 is 1.02 bits per heavy atom. The molecular formula is C36H39N5O5. The quantitative estimate of drug-likeness (QED) is 0.206. The number of rotatable bonds is 7. The van der Waals surface area contributed by atoms with Crippen LogP contribution in [-0.4, -0.2) is 68.0 Å². The van der Waals surface area contributed by atoms with E-state index in [-0.39, 0.29) is 42.9 Å². The molecule has 0 radical (unpaired) electrons. The second-order valence-electron chi connectivity index (χ2n) is 12.3. The number of H-pyrrole nitrogens is 2. The lowest BCUT2D eigenvalue weighted by molar-refractivity contribution is -0.130. The molecule has 238 valence electrons. The SMILES string of the molecule is C=Cc1c(C)c2cc3nc(c4c5[nH]c(cc6nc(cc1[nH]2)C(C)=C6CC)c(C)c5C(=O)OC4=O)[C@@H](CCC(=O)N(C)CCO)[C@@H]3C. The van der Waals surface area contributed by atoms with Gasteiger partial charge in [-0.05, 0) is 74.1 Å². The van der Waals surface area contributed by atoms with E-state index in [0.717, 1.165) is 56.8 Å². The van der Waals surface area contributed by atoms with Gasteiger partial charge in [0.2, 0.25) is 5.91 Å². The second-order valence-corrected chi connectivity index (χ2v) is 12.3. The number of amides is 1. The second kappa shape index (κ2) is 11.8. The minimum absolute atomic E-state index is 0.115. The van der Waals surface area contributed by atoms with Crippen LogP contribution in [0, 0.1) is 13.8 Å². The van der Waals surface area contributed by atoms with Crippen LogP contribution in [0.15, 0.2) is 24.8 Å². The lowest BCUT2D eigenvalue weighted by Gasteiger charge is -2.21. The summed E-state index contributed by atoms with van der Waals surface area (Å²) in [6.45, 7) is 14.2. The molecule has 0 unspecified atom stereocenters. The van der Waals surface area contributed by atoms with E-state index in [4.69, 9.17) is 14.7 Å². The van der Waals surface area contributed by atoms with Crippen LogP contribution in [0.1, 0.15) is 112 Å². The monoisotopic (exact) mass is 621 g/mol. The highest BCUT2D eigenvalue weighted by atomic mass is 16.6. The van der Waals surface area contributed by atoms with Gasteiger partial charge in [0.1, 0.15) is 5.56 Å². The Morgan fingerprint density at radius 2 is 1.72 bits per heavy atom. The van der Waals surface area contributed by atoms with Crippen molar-refractivity contribution in [3.63, 3.8) is 0 Å². The average molecular weight is 622 g/mol. The van der Waals surface area contributed by atoms with E-state index >= 15 is 0 Å². The highest BCUT2D eigenvalue weighted by Crippen LogP contribution is 2.44. The fourth-order valence-corrected chi connectivity index (χ4v) is 6.95. The molecule has 0 aliphatic carbocycles. The smallest absolute Gasteiger partial charge is 0.350 e. The Balaban J connectivity index is 1.71. The Kier molecular flexibility index (Phi) is 8.02. The van der Waals surface area contributed by atoms with Crippen LogP contribution < -0.4 is 0 Å². The average Bonchev–Trinajstić information content (AvgIpc) is 3.69. The first-order chi connectivity index (χ1) is 22.0. The van der Waals surface area contributed by atoms with Gasteiger partial charge in [-0.2, -0.15) is 0 Å². The van der Waals surface area contributed by atoms with Crippen LogP contribution in [0.2, 0.25) is 0 Å². The number of aliphatic hydroxyl groups is 1. The molecule has 46 heavy (non-hydrogen) atoms. The molecule has 0 aromatic carbocycles. The van der Waals surface area contributed by atoms with Gasteiger partial charge in [0.15, 0.2) is 0 Å². The Bertz CT molecular complexity index is 2030. The fraction of sp³-hybridized carbons (Fsp3) is 0.361. The molecule has 8 bridgehead atoms. The van der Waals surface area contributed by atoms with Gasteiger partial charge in [-0.25, -0.2) is 14.6 Å². The normalized spacial score (nSPS) is 17.4. The number of ether oxygens (including phenoxy) is 1. The number of aryl methyl sites for hydroxylation is 2. The molecule has 0 spiro atoms. The van der Waals surface area contributed by atoms with Crippen LogP contribution >= 0.6 is 0 Å². The molecule has 3 aromatic heterocycles. The minimum Gasteiger partial charge on any atom is -0.395 e. The summed E-state index contributed by atoms with van der Waals surface area (Å²) >= 11 is 0. The van der Waals surface area contributed by atoms with E-state index in [0.29, 0.717) is 34.3 Å². The number of aromatic nitrogens is 4. The van der Waals surface area contributed by atoms with Crippen molar-refractivity contribution < 1.29 is 24.2 Å². The zero-order valence-electron chi connectivity index (χ0n) is 27.1. The molecular weight excluding hydrogens is 582 g/mol. The van der Waals surface area contributed by atoms with Crippen molar-refractivity contribution in [2.24, 2.45) is 0 Å². The summed E-state index contributed by atoms with van der Waals surface area (Å²) in [5.41, 5.74) is 10.9. The van der Waals surface area contributed by atoms with Gasteiger partial charge in [-0.15, -0.1) is 0 Å². The number of carbonyl (C=O) groups is 3. The first-order valence-corrected chi connectivity index (χ1v) is 15.7. The summed E-state index contributed by atoms with van der Waals surface area (Å²) in [6.07, 6.45) is 3.19. The minimum atomic E-state index is -0.770. The summed E-state index contributed by atoms with van der Waals surface area (Å²) in [7, 11) is 1.66. The summed E-state index contributed by atoms with van der Waals surface area (Å²) in [6, 6.07) is 5.96. The maximum atomic E-state index is 13.6. The number of carbonyl (C=O) groups excluding carboxylic acids is 3. The molecule has 0 fully saturated rings. The highest BCUT2D eigenvalue weighted by molar-refractivity contribution is 6.18. The molecule has 10 heteroatoms. The van der Waals surface area contributed by atoms with Crippen LogP contribution in [0.4, 0.5) is 0 Å². The topological polar surface area (TPSA) is 141 Å². The van der Waals surface area contributed by atoms with E-state index in [1.165, 1.54) is 4.90 Å². The van der Waals surface area contributed by atoms with Crippen molar-refractivity contribution in [1.29, 1.82) is 0 Å². The molecule has 6 heterocycles. The van der Waals surface area contributed by atoms with Crippen LogP contribution in [0.5, 0.6) is 0 Å². The van der Waals surface area contributed by atoms with Crippen LogP contribution in [0.25, 0.3) is 39.3 Å². The number of allylic oxidation sites excluding steroid dienone is 2. The molecule has 6 rings (SSSR count). The number of hydrogen-bond acceptors (Lipinski definition) is 7. The number of fused-ring (bicyclic) bond motifs is 8. The molecule has 3 aromatic rings. The number of nitrogens with one attached hydrogen (secondary N) is 2. The molecule has 1 amide bonds. The maximum absolute atomic E-state index is 13.6. The Hall–Kier alpha value is -4.83. The number of cyclic esters (lactones) is 2. The highest BCUT2D eigenvalue weighted by Gasteiger charge is 2.38. The summed E-state index contributed by atoms with van der Waals surface area (Å²) in [5.74, 6) is -2.08. The zero-order chi connectivity index (χ0) is 33.0. The number of aromatic amines is 2. The molecule has 3 aliphatic heterocycles. The fourth-order valence-electron chi connectivity index (χ4n) is 6.95. The lowest BCUT2D eigenvalue weighted by atomic mass is 9.85. The van der Waals surface area contributed by atoms with Gasteiger partial charge in [-0.3, -0.25) is 9.78 Å². The number of likely N-dealkylation sites (N-methyl/N-ethyl adjacent to an activating group) is 1. The number of aliphatic hydroxyl groups excluding tert-OH is 1. The number of nitrogens with zero attached hydrogens (tertiary/aromatic N) is 3. The standard InChI is InChI=1S/C36H39N5O5/c1-8-21-17(3)24-14-26-19(5)23(10-11-30(43)41(7)12-13-42)33(39-26)32-34-31(35(44)46-36(32)45)20(6)27(40-34)16-29-22(9-2)18(4)25(38-29)15-28(21)37-24/h8,14-16,19,23,37,40,42H,1,9-13H2,2-7H3/t19-,23-/m0/s1. The predicted octanol–water partition coefficient (Wildman–Crippen LogP) is 6.34. The third kappa shape index (κ3) is 4.97. The Morgan fingerprint density at radius 3 is 2.41 bits per heavy atom. The van der Waals surface area contributed by atoms with Crippen molar-refractivity contribution in [2.45, 2.75) is 65.7 Å². The van der Waals surface area contributed by atoms with E-state index in [1.54, 1.807) is 7.05 Å². The van der Waals surface area contributed by atoms with Gasteiger partial charge in [-0.1, -0.05) is 26.5 Å². The summed E-state index contributed by atoms with van der Waals surface area (Å²) < 4.78 is 5.34. The van der Waals surface area contributed by atoms with Crippen molar-refractivity contribution in [1.82, 2.24) is 24.8 Å². The third-order valence-electron chi connectivity index (χ3n) is 9.76. The summed E-state index contributed by atoms with van der Waals surface area (Å²) in [5, 5.41) is 9.33. The molecule has 3 aliphatic rings.